The highest BCUT2D eigenvalue weighted by molar-refractivity contribution is 6.39. The van der Waals surface area contributed by atoms with Gasteiger partial charge in [0.25, 0.3) is 0 Å². The van der Waals surface area contributed by atoms with Gasteiger partial charge in [-0.3, -0.25) is 19.2 Å². The number of hydrogen-bond donors (Lipinski definition) is 4. The number of ether oxygens (including phenoxy) is 1. The Morgan fingerprint density at radius 1 is 0.978 bits per heavy atom. The first kappa shape index (κ1) is 36.4. The molecule has 0 radical (unpaired) electrons. The number of amides is 3. The molecule has 0 bridgehead atoms. The van der Waals surface area contributed by atoms with Gasteiger partial charge in [0.1, 0.15) is 17.7 Å². The topological polar surface area (TPSA) is 162 Å². The smallest absolute Gasteiger partial charge is 0.408 e. The first-order valence-corrected chi connectivity index (χ1v) is 16.3. The maximum Gasteiger partial charge on any atom is 0.408 e. The number of likely N-dealkylation sites (tertiary alicyclic amines) is 1. The highest BCUT2D eigenvalue weighted by Crippen LogP contribution is 2.57. The zero-order valence-electron chi connectivity index (χ0n) is 27.6. The van der Waals surface area contributed by atoms with Crippen molar-refractivity contribution in [2.45, 2.75) is 128 Å². The lowest BCUT2D eigenvalue weighted by atomic mass is 9.83. The molecule has 45 heavy (non-hydrogen) atoms. The Labute approximate surface area is 267 Å². The van der Waals surface area contributed by atoms with E-state index < -0.39 is 70.8 Å². The number of rotatable bonds is 15. The van der Waals surface area contributed by atoms with Crippen molar-refractivity contribution in [3.8, 4) is 0 Å². The van der Waals surface area contributed by atoms with Crippen LogP contribution >= 0.6 is 0 Å². The molecule has 0 aromatic rings. The number of Topliss-reactive ketones (excluding diaryl/α,β-unsaturated/α-hetero) is 2. The molecule has 252 valence electrons. The summed E-state index contributed by atoms with van der Waals surface area (Å²) in [6.45, 7) is 16.9. The second-order valence-corrected chi connectivity index (χ2v) is 14.8. The van der Waals surface area contributed by atoms with Crippen molar-refractivity contribution in [2.75, 3.05) is 6.54 Å². The van der Waals surface area contributed by atoms with E-state index in [2.05, 4.69) is 23.8 Å². The molecule has 1 saturated heterocycles. The Kier molecular flexibility index (Phi) is 11.8. The summed E-state index contributed by atoms with van der Waals surface area (Å²) in [5.41, 5.74) is -0.911. The van der Waals surface area contributed by atoms with E-state index in [4.69, 9.17) is 4.74 Å². The molecule has 3 rings (SSSR count). The number of alkyl carbamates (subject to hydrolysis) is 1. The second kappa shape index (κ2) is 14.6. The minimum absolute atomic E-state index is 0.0463. The molecule has 11 nitrogen and oxygen atoms in total. The van der Waals surface area contributed by atoms with Gasteiger partial charge < -0.3 is 30.5 Å². The van der Waals surface area contributed by atoms with E-state index in [1.54, 1.807) is 6.08 Å². The molecule has 3 fully saturated rings. The number of carbonyl (C=O) groups is 5. The third kappa shape index (κ3) is 9.25. The quantitative estimate of drug-likeness (QED) is 0.121. The lowest BCUT2D eigenvalue weighted by Gasteiger charge is -2.37. The largest absolute Gasteiger partial charge is 0.444 e. The van der Waals surface area contributed by atoms with Crippen LogP contribution in [0.5, 0.6) is 0 Å². The van der Waals surface area contributed by atoms with Crippen molar-refractivity contribution in [2.24, 2.45) is 23.2 Å². The molecule has 1 aliphatic heterocycles. The van der Waals surface area contributed by atoms with Gasteiger partial charge in [-0.05, 0) is 63.7 Å². The van der Waals surface area contributed by atoms with Gasteiger partial charge in [-0.2, -0.15) is 0 Å². The van der Waals surface area contributed by atoms with Gasteiger partial charge in [-0.15, -0.1) is 13.2 Å². The van der Waals surface area contributed by atoms with Crippen molar-refractivity contribution >= 4 is 29.5 Å². The molecule has 1 heterocycles. The number of piperidine rings is 1. The van der Waals surface area contributed by atoms with Crippen LogP contribution in [0.3, 0.4) is 0 Å². The Bertz CT molecular complexity index is 1150. The summed E-state index contributed by atoms with van der Waals surface area (Å²) >= 11 is 0. The van der Waals surface area contributed by atoms with Crippen LogP contribution in [0.4, 0.5) is 4.79 Å². The lowest BCUT2D eigenvalue weighted by Crippen LogP contribution is -2.60. The van der Waals surface area contributed by atoms with Crippen LogP contribution in [0.2, 0.25) is 0 Å². The van der Waals surface area contributed by atoms with Crippen LogP contribution in [0, 0.1) is 23.2 Å². The van der Waals surface area contributed by atoms with E-state index in [1.165, 1.54) is 11.0 Å². The minimum Gasteiger partial charge on any atom is -0.444 e. The van der Waals surface area contributed by atoms with Crippen LogP contribution in [-0.4, -0.2) is 80.6 Å². The summed E-state index contributed by atoms with van der Waals surface area (Å²) in [7, 11) is 0. The molecule has 0 aromatic carbocycles. The first-order chi connectivity index (χ1) is 20.9. The Morgan fingerprint density at radius 3 is 2.18 bits per heavy atom. The van der Waals surface area contributed by atoms with Gasteiger partial charge in [0.2, 0.25) is 23.4 Å². The van der Waals surface area contributed by atoms with Gasteiger partial charge in [0, 0.05) is 18.9 Å². The third-order valence-corrected chi connectivity index (χ3v) is 9.11. The van der Waals surface area contributed by atoms with Crippen LogP contribution in [-0.2, 0) is 23.9 Å². The average Bonchev–Trinajstić information content (AvgIpc) is 3.27. The predicted molar refractivity (Wildman–Crippen MR) is 169 cm³/mol. The van der Waals surface area contributed by atoms with E-state index in [9.17, 15) is 34.2 Å². The van der Waals surface area contributed by atoms with Crippen LogP contribution < -0.4 is 10.6 Å². The predicted octanol–water partition coefficient (Wildman–Crippen LogP) is 3.57. The number of hydrogen-bond acceptors (Lipinski definition) is 8. The van der Waals surface area contributed by atoms with Crippen molar-refractivity contribution in [1.29, 1.82) is 0 Å². The van der Waals surface area contributed by atoms with Crippen molar-refractivity contribution < 1.29 is 38.9 Å². The van der Waals surface area contributed by atoms with Gasteiger partial charge >= 0.3 is 6.09 Å². The van der Waals surface area contributed by atoms with E-state index >= 15 is 0 Å². The van der Waals surface area contributed by atoms with Gasteiger partial charge in [0.15, 0.2) is 5.79 Å². The molecular formula is C34H53N3O8. The molecule has 2 saturated carbocycles. The van der Waals surface area contributed by atoms with E-state index in [0.717, 1.165) is 19.3 Å². The first-order valence-electron chi connectivity index (χ1n) is 16.3. The maximum atomic E-state index is 14.3. The Hall–Kier alpha value is -3.05. The summed E-state index contributed by atoms with van der Waals surface area (Å²) in [5.74, 6) is -6.76. The molecule has 0 spiro atoms. The van der Waals surface area contributed by atoms with E-state index in [-0.39, 0.29) is 30.7 Å². The fraction of sp³-hybridized carbons (Fsp3) is 0.735. The molecular weight excluding hydrogens is 578 g/mol. The lowest BCUT2D eigenvalue weighted by molar-refractivity contribution is -0.154. The summed E-state index contributed by atoms with van der Waals surface area (Å²) in [5, 5.41) is 26.6. The molecule has 2 aliphatic carbocycles. The second-order valence-electron chi connectivity index (χ2n) is 14.8. The van der Waals surface area contributed by atoms with Crippen LogP contribution in [0.25, 0.3) is 0 Å². The minimum atomic E-state index is -2.15. The Morgan fingerprint density at radius 2 is 1.60 bits per heavy atom. The fourth-order valence-electron chi connectivity index (χ4n) is 7.32. The van der Waals surface area contributed by atoms with E-state index in [0.29, 0.717) is 32.1 Å². The molecule has 4 N–H and O–H groups in total. The normalized spacial score (nSPS) is 24.1. The van der Waals surface area contributed by atoms with E-state index in [1.807, 2.05) is 34.6 Å². The molecule has 5 unspecified atom stereocenters. The van der Waals surface area contributed by atoms with Crippen molar-refractivity contribution in [3.63, 3.8) is 0 Å². The zero-order chi connectivity index (χ0) is 33.7. The summed E-state index contributed by atoms with van der Waals surface area (Å²) < 4.78 is 5.79. The number of aliphatic hydroxyl groups is 2. The number of allylic oxidation sites excluding steroid dienone is 2. The van der Waals surface area contributed by atoms with Gasteiger partial charge in [0.05, 0.1) is 12.0 Å². The zero-order valence-corrected chi connectivity index (χ0v) is 27.6. The molecule has 11 heteroatoms. The molecule has 0 aromatic heterocycles. The summed E-state index contributed by atoms with van der Waals surface area (Å²) in [6.07, 6.45) is 7.87. The fourth-order valence-corrected chi connectivity index (χ4v) is 7.32. The highest BCUT2D eigenvalue weighted by Gasteiger charge is 2.74. The summed E-state index contributed by atoms with van der Waals surface area (Å²) in [6, 6.07) is -3.45. The molecule has 3 amide bonds. The average molecular weight is 632 g/mol. The monoisotopic (exact) mass is 631 g/mol. The van der Waals surface area contributed by atoms with Crippen LogP contribution in [0.1, 0.15) is 98.8 Å². The number of nitrogens with one attached hydrogen (secondary N) is 2. The maximum absolute atomic E-state index is 14.3. The Balaban J connectivity index is 1.85. The standard InChI is InChI=1S/C34H53N3O8/c1-8-10-17-23(28(39)24(38)18-11-9-2)35-29(40)27-25-22(34(25,43)44)19-37(27)30(41)26(21-15-13-12-14-16-21)36-31(42)45-33(6,7)20-32(3,4)5/h8-9,21-23,25-27,43-44H,1-2,10-20H2,3-7H3,(H,35,40)(H,36,42). The van der Waals surface area contributed by atoms with Gasteiger partial charge in [-0.1, -0.05) is 52.2 Å². The van der Waals surface area contributed by atoms with Gasteiger partial charge in [-0.25, -0.2) is 4.79 Å². The molecule has 3 aliphatic rings. The molecule has 5 atom stereocenters. The highest BCUT2D eigenvalue weighted by atomic mass is 16.6. The number of ketones is 2. The number of nitrogens with zero attached hydrogens (tertiary/aromatic N) is 1. The van der Waals surface area contributed by atoms with Crippen molar-refractivity contribution in [1.82, 2.24) is 15.5 Å². The number of fused-ring (bicyclic) bond motifs is 1. The summed E-state index contributed by atoms with van der Waals surface area (Å²) in [4.78, 5) is 68.1. The number of carbonyl (C=O) groups excluding carboxylic acids is 5. The third-order valence-electron chi connectivity index (χ3n) is 9.11. The van der Waals surface area contributed by atoms with Crippen molar-refractivity contribution in [3.05, 3.63) is 25.3 Å². The van der Waals surface area contributed by atoms with Crippen LogP contribution in [0.15, 0.2) is 25.3 Å². The SMILES string of the molecule is C=CCCC(=O)C(=O)C(CCC=C)NC(=O)C1C2C(CN1C(=O)C(NC(=O)OC(C)(C)CC(C)(C)C)C1CCCCC1)C2(O)O.